The number of hydrogen-bond acceptors (Lipinski definition) is 9. The number of unbranched alkanes of at least 4 members (excludes halogenated alkanes) is 11. The molecule has 0 saturated carbocycles. The summed E-state index contributed by atoms with van der Waals surface area (Å²) in [5.41, 5.74) is 5.09. The number of carbonyl (C=O) groups is 2. The molecule has 0 aliphatic heterocycles. The van der Waals surface area contributed by atoms with Gasteiger partial charge in [0.2, 0.25) is 0 Å². The molecule has 3 unspecified atom stereocenters. The number of rotatable bonds is 24. The van der Waals surface area contributed by atoms with Crippen LogP contribution in [-0.2, 0) is 27.9 Å². The van der Waals surface area contributed by atoms with Crippen LogP contribution < -0.4 is 40.4 Å². The maximum Gasteiger partial charge on any atom is 1.00 e. The Morgan fingerprint density at radius 2 is 1.39 bits per heavy atom. The molecule has 0 radical (unpaired) electrons. The summed E-state index contributed by atoms with van der Waals surface area (Å²) >= 11 is 0. The number of aliphatic hydroxyl groups is 1. The van der Waals surface area contributed by atoms with Gasteiger partial charge in [0.25, 0.3) is 0 Å². The molecule has 0 rings (SSSR count). The van der Waals surface area contributed by atoms with E-state index < -0.39 is 51.7 Å². The van der Waals surface area contributed by atoms with Crippen molar-refractivity contribution >= 4 is 19.8 Å². The predicted octanol–water partition coefficient (Wildman–Crippen LogP) is 0.143. The van der Waals surface area contributed by atoms with Gasteiger partial charge < -0.3 is 30.4 Å². The van der Waals surface area contributed by atoms with Crippen LogP contribution >= 0.6 is 7.82 Å². The summed E-state index contributed by atoms with van der Waals surface area (Å²) in [6.07, 6.45) is 18.5. The summed E-state index contributed by atoms with van der Waals surface area (Å²) in [4.78, 5) is 31.6. The number of carboxylic acid groups (broad SMARTS) is 1. The van der Waals surface area contributed by atoms with Crippen molar-refractivity contribution in [1.82, 2.24) is 0 Å². The molecule has 0 fully saturated rings. The van der Waals surface area contributed by atoms with E-state index in [2.05, 4.69) is 28.1 Å². The number of esters is 1. The summed E-state index contributed by atoms with van der Waals surface area (Å²) < 4.78 is 25.4. The van der Waals surface area contributed by atoms with Gasteiger partial charge in [0, 0.05) is 6.42 Å². The molecule has 0 aromatic rings. The molecule has 206 valence electrons. The topological polar surface area (TPSA) is 168 Å². The van der Waals surface area contributed by atoms with E-state index in [4.69, 9.17) is 10.5 Å². The van der Waals surface area contributed by atoms with E-state index >= 15 is 0 Å². The number of nitrogens with two attached hydrogens (primary N) is 1. The van der Waals surface area contributed by atoms with E-state index in [9.17, 15) is 29.3 Å². The molecule has 36 heavy (non-hydrogen) atoms. The van der Waals surface area contributed by atoms with Crippen LogP contribution in [0.1, 0.15) is 96.8 Å². The number of phosphoric ester groups is 1. The Hall–Kier alpha value is -0.290. The van der Waals surface area contributed by atoms with Crippen LogP contribution in [0.4, 0.5) is 0 Å². The van der Waals surface area contributed by atoms with Gasteiger partial charge in [-0.15, -0.1) is 0 Å². The van der Waals surface area contributed by atoms with Gasteiger partial charge >= 0.3 is 43.3 Å². The number of allylic oxidation sites excluding steroid dienone is 2. The Bertz CT molecular complexity index is 637. The third-order valence-electron chi connectivity index (χ3n) is 5.23. The zero-order chi connectivity index (χ0) is 26.4. The van der Waals surface area contributed by atoms with Crippen molar-refractivity contribution < 1.29 is 72.6 Å². The maximum absolute atomic E-state index is 11.7. The van der Waals surface area contributed by atoms with Crippen molar-refractivity contribution in [3.05, 3.63) is 12.2 Å². The van der Waals surface area contributed by atoms with E-state index in [1.165, 1.54) is 44.9 Å². The number of carbonyl (C=O) groups excluding carboxylic acids is 2. The molecule has 0 aromatic carbocycles. The summed E-state index contributed by atoms with van der Waals surface area (Å²) in [6, 6.07) is -1.60. The number of aliphatic carboxylic acids is 1. The third kappa shape index (κ3) is 25.4. The number of carboxylic acids is 1. The number of phosphoric acid groups is 1. The van der Waals surface area contributed by atoms with Crippen molar-refractivity contribution in [1.29, 1.82) is 0 Å². The second-order valence-corrected chi connectivity index (χ2v) is 10.1. The Labute approximate surface area is 238 Å². The normalized spacial score (nSPS) is 14.7. The van der Waals surface area contributed by atoms with Gasteiger partial charge in [-0.2, -0.15) is 0 Å². The van der Waals surface area contributed by atoms with Crippen LogP contribution in [0.3, 0.4) is 0 Å². The summed E-state index contributed by atoms with van der Waals surface area (Å²) in [5.74, 6) is -2.12. The van der Waals surface area contributed by atoms with E-state index in [-0.39, 0.29) is 36.0 Å². The molecule has 0 heterocycles. The van der Waals surface area contributed by atoms with Crippen LogP contribution in [0.25, 0.3) is 0 Å². The van der Waals surface area contributed by atoms with Gasteiger partial charge in [-0.25, -0.2) is 4.57 Å². The van der Waals surface area contributed by atoms with Gasteiger partial charge in [-0.1, -0.05) is 70.4 Å². The quantitative estimate of drug-likeness (QED) is 0.0499. The minimum Gasteiger partial charge on any atom is -0.548 e. The Kier molecular flexibility index (Phi) is 26.3. The van der Waals surface area contributed by atoms with Gasteiger partial charge in [0.05, 0.1) is 25.2 Å². The maximum atomic E-state index is 11.7. The van der Waals surface area contributed by atoms with Crippen LogP contribution in [0.5, 0.6) is 0 Å². The van der Waals surface area contributed by atoms with E-state index in [1.54, 1.807) is 0 Å². The first kappa shape index (κ1) is 37.9. The smallest absolute Gasteiger partial charge is 0.548 e. The Balaban J connectivity index is 0. The molecule has 0 saturated heterocycles. The van der Waals surface area contributed by atoms with Gasteiger partial charge in [0.15, 0.2) is 0 Å². The first-order valence-corrected chi connectivity index (χ1v) is 14.2. The van der Waals surface area contributed by atoms with Crippen LogP contribution in [0.2, 0.25) is 0 Å². The molecule has 3 atom stereocenters. The fourth-order valence-electron chi connectivity index (χ4n) is 3.11. The summed E-state index contributed by atoms with van der Waals surface area (Å²) in [7, 11) is -4.61. The van der Waals surface area contributed by atoms with Crippen molar-refractivity contribution in [3.63, 3.8) is 0 Å². The van der Waals surface area contributed by atoms with E-state index in [0.717, 1.165) is 32.1 Å². The molecule has 12 heteroatoms. The van der Waals surface area contributed by atoms with Crippen LogP contribution in [-0.4, -0.2) is 53.9 Å². The van der Waals surface area contributed by atoms with Crippen LogP contribution in [0, 0.1) is 0 Å². The zero-order valence-electron chi connectivity index (χ0n) is 22.1. The van der Waals surface area contributed by atoms with Gasteiger partial charge in [0.1, 0.15) is 12.7 Å². The standard InChI is InChI=1S/C24H46NO9P.Na/c1-2-3-4-5-6-7-8-9-10-11-12-13-14-15-16-17-23(27)32-18-21(26)19-33-35(30,31)34-20-22(25)24(28)29;/h9-10,21-22,26H,2-8,11-20,25H2,1H3,(H,28,29)(H,30,31);/q;+1/p-1/b10-9+;. The summed E-state index contributed by atoms with van der Waals surface area (Å²) in [5, 5.41) is 20.1. The predicted molar refractivity (Wildman–Crippen MR) is 131 cm³/mol. The first-order valence-electron chi connectivity index (χ1n) is 12.7. The molecule has 0 aliphatic carbocycles. The van der Waals surface area contributed by atoms with Gasteiger partial charge in [-0.05, 0) is 32.1 Å². The molecule has 0 bridgehead atoms. The van der Waals surface area contributed by atoms with E-state index in [0.29, 0.717) is 6.42 Å². The minimum absolute atomic E-state index is 0. The number of ether oxygens (including phenoxy) is 1. The molecule has 0 amide bonds. The number of aliphatic hydroxyl groups excluding tert-OH is 1. The molecule has 0 spiro atoms. The summed E-state index contributed by atoms with van der Waals surface area (Å²) in [6.45, 7) is 0.393. The van der Waals surface area contributed by atoms with Crippen LogP contribution in [0.15, 0.2) is 12.2 Å². The van der Waals surface area contributed by atoms with Crippen molar-refractivity contribution in [3.8, 4) is 0 Å². The van der Waals surface area contributed by atoms with Gasteiger partial charge in [-0.3, -0.25) is 13.8 Å². The van der Waals surface area contributed by atoms with E-state index in [1.807, 2.05) is 0 Å². The number of hydrogen-bond donors (Lipinski definition) is 3. The minimum atomic E-state index is -4.61. The van der Waals surface area contributed by atoms with Crippen molar-refractivity contribution in [2.24, 2.45) is 5.73 Å². The monoisotopic (exact) mass is 545 g/mol. The Morgan fingerprint density at radius 1 is 0.889 bits per heavy atom. The van der Waals surface area contributed by atoms with Crippen molar-refractivity contribution in [2.75, 3.05) is 19.8 Å². The molecule has 0 aromatic heterocycles. The van der Waals surface area contributed by atoms with Crippen molar-refractivity contribution in [2.45, 2.75) is 109 Å². The fourth-order valence-corrected chi connectivity index (χ4v) is 3.89. The fraction of sp³-hybridized carbons (Fsp3) is 0.833. The second-order valence-electron chi connectivity index (χ2n) is 8.66. The molecule has 4 N–H and O–H groups in total. The SMILES string of the molecule is CCCCCCCC/C=C/CCCCCCCC(=O)OCC(O)COP(=O)(O)OCC(N)C(=O)[O-].[Na+]. The molecule has 0 aliphatic rings. The third-order valence-corrected chi connectivity index (χ3v) is 6.18. The Morgan fingerprint density at radius 3 is 1.94 bits per heavy atom. The second kappa shape index (κ2) is 25.0. The molecular weight excluding hydrogens is 500 g/mol. The zero-order valence-corrected chi connectivity index (χ0v) is 25.0. The largest absolute Gasteiger partial charge is 1.00 e. The average Bonchev–Trinajstić information content (AvgIpc) is 2.82. The molecular formula is C24H45NNaO9P. The first-order chi connectivity index (χ1) is 16.7. The average molecular weight is 546 g/mol. The molecule has 10 nitrogen and oxygen atoms in total.